The minimum absolute atomic E-state index is 0.163. The molecule has 5 nitrogen and oxygen atoms in total. The molecule has 0 spiro atoms. The maximum absolute atomic E-state index is 13.3. The van der Waals surface area contributed by atoms with E-state index in [2.05, 4.69) is 21.7 Å². The molecule has 3 aromatic carbocycles. The van der Waals surface area contributed by atoms with Gasteiger partial charge in [0.25, 0.3) is 5.91 Å². The Morgan fingerprint density at radius 2 is 1.87 bits per heavy atom. The average molecular weight is 398 g/mol. The first-order valence-electron chi connectivity index (χ1n) is 9.53. The normalized spacial score (nSPS) is 10.5. The summed E-state index contributed by atoms with van der Waals surface area (Å²) in [4.78, 5) is 15.6. The number of amides is 1. The molecule has 0 saturated carbocycles. The molecule has 0 radical (unpaired) electrons. The second kappa shape index (κ2) is 8.50. The van der Waals surface area contributed by atoms with Gasteiger partial charge < -0.3 is 15.6 Å². The molecule has 0 aliphatic carbocycles. The average Bonchev–Trinajstić information content (AvgIpc) is 3.16. The van der Waals surface area contributed by atoms with Crippen LogP contribution in [0.2, 0.25) is 0 Å². The molecule has 1 heterocycles. The van der Waals surface area contributed by atoms with Crippen LogP contribution in [0, 0.1) is 17.1 Å². The summed E-state index contributed by atoms with van der Waals surface area (Å²) in [6.07, 6.45) is 2.49. The van der Waals surface area contributed by atoms with E-state index in [1.165, 1.54) is 12.1 Å². The van der Waals surface area contributed by atoms with Crippen LogP contribution < -0.4 is 10.6 Å². The molecule has 6 heteroatoms. The van der Waals surface area contributed by atoms with Crippen molar-refractivity contribution in [3.05, 3.63) is 95.4 Å². The molecule has 0 bridgehead atoms. The number of hydrogen-bond acceptors (Lipinski definition) is 3. The van der Waals surface area contributed by atoms with Gasteiger partial charge in [0, 0.05) is 40.6 Å². The Morgan fingerprint density at radius 3 is 2.67 bits per heavy atom. The largest absolute Gasteiger partial charge is 0.361 e. The van der Waals surface area contributed by atoms with Crippen LogP contribution in [0.4, 0.5) is 15.8 Å². The van der Waals surface area contributed by atoms with Crippen LogP contribution in [0.5, 0.6) is 0 Å². The number of anilines is 2. The fourth-order valence-electron chi connectivity index (χ4n) is 3.31. The van der Waals surface area contributed by atoms with Gasteiger partial charge in [-0.1, -0.05) is 6.07 Å². The van der Waals surface area contributed by atoms with Gasteiger partial charge in [0.15, 0.2) is 0 Å². The molecule has 3 N–H and O–H groups in total. The number of carbonyl (C=O) groups excluding carboxylic acids is 1. The van der Waals surface area contributed by atoms with Crippen molar-refractivity contribution < 1.29 is 9.18 Å². The molecule has 30 heavy (non-hydrogen) atoms. The molecule has 0 saturated heterocycles. The quantitative estimate of drug-likeness (QED) is 0.432. The minimum Gasteiger partial charge on any atom is -0.361 e. The Balaban J connectivity index is 1.37. The molecule has 1 amide bonds. The molecule has 4 aromatic rings. The zero-order valence-electron chi connectivity index (χ0n) is 16.1. The lowest BCUT2D eigenvalue weighted by Gasteiger charge is -2.09. The summed E-state index contributed by atoms with van der Waals surface area (Å²) in [6.45, 7) is 0.469. The smallest absolute Gasteiger partial charge is 0.251 e. The molecule has 0 fully saturated rings. The standard InChI is InChI=1S/C24H19FN4O/c25-19-6-9-22-18(15-28-23(22)13-19)10-11-27-24(30)17-2-1-3-21(12-17)29-20-7-4-16(14-26)5-8-20/h1-9,12-13,15,28-29H,10-11H2,(H,27,30). The van der Waals surface area contributed by atoms with Gasteiger partial charge in [-0.05, 0) is 72.6 Å². The van der Waals surface area contributed by atoms with Crippen LogP contribution in [0.3, 0.4) is 0 Å². The molecule has 0 atom stereocenters. The Labute approximate surface area is 173 Å². The second-order valence-electron chi connectivity index (χ2n) is 6.90. The van der Waals surface area contributed by atoms with Crippen molar-refractivity contribution in [3.8, 4) is 6.07 Å². The number of carbonyl (C=O) groups is 1. The van der Waals surface area contributed by atoms with E-state index in [1.807, 2.05) is 30.5 Å². The lowest BCUT2D eigenvalue weighted by atomic mass is 10.1. The lowest BCUT2D eigenvalue weighted by molar-refractivity contribution is 0.0954. The highest BCUT2D eigenvalue weighted by Gasteiger charge is 2.08. The number of nitrogens with zero attached hydrogens (tertiary/aromatic N) is 1. The van der Waals surface area contributed by atoms with E-state index in [9.17, 15) is 9.18 Å². The van der Waals surface area contributed by atoms with Gasteiger partial charge >= 0.3 is 0 Å². The molecular formula is C24H19FN4O. The number of fused-ring (bicyclic) bond motifs is 1. The summed E-state index contributed by atoms with van der Waals surface area (Å²) in [7, 11) is 0. The maximum Gasteiger partial charge on any atom is 0.251 e. The summed E-state index contributed by atoms with van der Waals surface area (Å²) >= 11 is 0. The SMILES string of the molecule is N#Cc1ccc(Nc2cccc(C(=O)NCCc3c[nH]c4cc(F)ccc34)c2)cc1. The van der Waals surface area contributed by atoms with Gasteiger partial charge in [0.05, 0.1) is 11.6 Å². The first-order valence-corrected chi connectivity index (χ1v) is 9.53. The van der Waals surface area contributed by atoms with Gasteiger partial charge in [0.2, 0.25) is 0 Å². The summed E-state index contributed by atoms with van der Waals surface area (Å²) in [5, 5.41) is 16.0. The number of nitriles is 1. The van der Waals surface area contributed by atoms with Crippen molar-refractivity contribution in [3.63, 3.8) is 0 Å². The number of aromatic amines is 1. The number of halogens is 1. The highest BCUT2D eigenvalue weighted by atomic mass is 19.1. The summed E-state index contributed by atoms with van der Waals surface area (Å²) in [5.41, 5.74) is 4.54. The fraction of sp³-hybridized carbons (Fsp3) is 0.0833. The van der Waals surface area contributed by atoms with E-state index in [0.717, 1.165) is 27.8 Å². The Kier molecular flexibility index (Phi) is 5.44. The van der Waals surface area contributed by atoms with E-state index in [4.69, 9.17) is 5.26 Å². The highest BCUT2D eigenvalue weighted by molar-refractivity contribution is 5.95. The zero-order valence-corrected chi connectivity index (χ0v) is 16.1. The molecule has 0 unspecified atom stereocenters. The molecule has 4 rings (SSSR count). The van der Waals surface area contributed by atoms with Crippen molar-refractivity contribution >= 4 is 28.2 Å². The van der Waals surface area contributed by atoms with Crippen molar-refractivity contribution in [2.75, 3.05) is 11.9 Å². The molecule has 0 aliphatic rings. The van der Waals surface area contributed by atoms with E-state index >= 15 is 0 Å². The highest BCUT2D eigenvalue weighted by Crippen LogP contribution is 2.20. The summed E-state index contributed by atoms with van der Waals surface area (Å²) < 4.78 is 13.3. The number of aromatic nitrogens is 1. The van der Waals surface area contributed by atoms with E-state index in [-0.39, 0.29) is 11.7 Å². The van der Waals surface area contributed by atoms with Crippen LogP contribution in [-0.2, 0) is 6.42 Å². The van der Waals surface area contributed by atoms with E-state index < -0.39 is 0 Å². The van der Waals surface area contributed by atoms with Crippen LogP contribution >= 0.6 is 0 Å². The maximum atomic E-state index is 13.3. The van der Waals surface area contributed by atoms with Crippen molar-refractivity contribution in [1.82, 2.24) is 10.3 Å². The van der Waals surface area contributed by atoms with Gasteiger partial charge in [-0.2, -0.15) is 5.26 Å². The number of rotatable bonds is 6. The zero-order chi connectivity index (χ0) is 20.9. The van der Waals surface area contributed by atoms with Gasteiger partial charge in [-0.3, -0.25) is 4.79 Å². The number of benzene rings is 3. The monoisotopic (exact) mass is 398 g/mol. The van der Waals surface area contributed by atoms with E-state index in [1.54, 1.807) is 30.3 Å². The minimum atomic E-state index is -0.279. The Bertz CT molecular complexity index is 1240. The molecule has 0 aliphatic heterocycles. The predicted molar refractivity (Wildman–Crippen MR) is 115 cm³/mol. The van der Waals surface area contributed by atoms with Gasteiger partial charge in [-0.15, -0.1) is 0 Å². The van der Waals surface area contributed by atoms with Crippen LogP contribution in [0.1, 0.15) is 21.5 Å². The number of hydrogen-bond donors (Lipinski definition) is 3. The van der Waals surface area contributed by atoms with Crippen molar-refractivity contribution in [2.24, 2.45) is 0 Å². The van der Waals surface area contributed by atoms with Gasteiger partial charge in [0.1, 0.15) is 5.82 Å². The van der Waals surface area contributed by atoms with Crippen LogP contribution in [-0.4, -0.2) is 17.4 Å². The van der Waals surface area contributed by atoms with Gasteiger partial charge in [-0.25, -0.2) is 4.39 Å². The van der Waals surface area contributed by atoms with Crippen molar-refractivity contribution in [1.29, 1.82) is 5.26 Å². The summed E-state index contributed by atoms with van der Waals surface area (Å²) in [5.74, 6) is -0.442. The first kappa shape index (κ1) is 19.2. The number of nitrogens with one attached hydrogen (secondary N) is 3. The Hall–Kier alpha value is -4.11. The Morgan fingerprint density at radius 1 is 1.03 bits per heavy atom. The molecule has 1 aromatic heterocycles. The van der Waals surface area contributed by atoms with Crippen LogP contribution in [0.15, 0.2) is 72.9 Å². The van der Waals surface area contributed by atoms with E-state index in [0.29, 0.717) is 24.1 Å². The summed E-state index contributed by atoms with van der Waals surface area (Å²) in [6, 6.07) is 21.1. The lowest BCUT2D eigenvalue weighted by Crippen LogP contribution is -2.25. The first-order chi connectivity index (χ1) is 14.6. The second-order valence-corrected chi connectivity index (χ2v) is 6.90. The third-order valence-electron chi connectivity index (χ3n) is 4.84. The van der Waals surface area contributed by atoms with Crippen LogP contribution in [0.25, 0.3) is 10.9 Å². The molecule has 148 valence electrons. The topological polar surface area (TPSA) is 80.7 Å². The fourth-order valence-corrected chi connectivity index (χ4v) is 3.31. The van der Waals surface area contributed by atoms with Crippen molar-refractivity contribution in [2.45, 2.75) is 6.42 Å². The third kappa shape index (κ3) is 4.31. The molecular weight excluding hydrogens is 379 g/mol. The third-order valence-corrected chi connectivity index (χ3v) is 4.84. The number of H-pyrrole nitrogens is 1. The predicted octanol–water partition coefficient (Wildman–Crippen LogP) is 4.89.